The summed E-state index contributed by atoms with van der Waals surface area (Å²) in [5, 5.41) is 10.7. The molecule has 3 N–H and O–H groups in total. The number of ether oxygens (including phenoxy) is 4. The Morgan fingerprint density at radius 1 is 0.261 bits per heavy atom. The number of carbonyl (C=O) groups is 4. The number of esters is 4. The van der Waals surface area contributed by atoms with Gasteiger partial charge < -0.3 is 33.8 Å². The quantitative estimate of drug-likeness (QED) is 0.0222. The zero-order chi connectivity index (χ0) is 81.3. The molecule has 6 atom stereocenters. The Bertz CT molecular complexity index is 2120. The number of hydrogen-bond donors (Lipinski definition) is 3. The van der Waals surface area contributed by atoms with Gasteiger partial charge >= 0.3 is 39.5 Å². The summed E-state index contributed by atoms with van der Waals surface area (Å²) in [4.78, 5) is 73.5. The van der Waals surface area contributed by atoms with E-state index in [0.717, 1.165) is 102 Å². The number of phosphoric acid groups is 2. The van der Waals surface area contributed by atoms with Gasteiger partial charge in [-0.2, -0.15) is 0 Å². The molecule has 0 aliphatic rings. The lowest BCUT2D eigenvalue weighted by Crippen LogP contribution is -2.30. The molecule has 111 heavy (non-hydrogen) atoms. The van der Waals surface area contributed by atoms with Crippen LogP contribution in [0.3, 0.4) is 0 Å². The summed E-state index contributed by atoms with van der Waals surface area (Å²) in [5.74, 6) is -0.516. The predicted octanol–water partition coefficient (Wildman–Crippen LogP) is 28.6. The summed E-state index contributed by atoms with van der Waals surface area (Å²) < 4.78 is 69.1. The van der Waals surface area contributed by atoms with E-state index in [1.165, 1.54) is 315 Å². The number of carbonyl (C=O) groups excluding carboxylic acids is 4. The van der Waals surface area contributed by atoms with E-state index in [1.54, 1.807) is 0 Å². The highest BCUT2D eigenvalue weighted by Crippen LogP contribution is 2.45. The van der Waals surface area contributed by atoms with E-state index in [0.29, 0.717) is 25.7 Å². The Morgan fingerprint density at radius 3 is 0.685 bits per heavy atom. The summed E-state index contributed by atoms with van der Waals surface area (Å²) in [6, 6.07) is 0. The van der Waals surface area contributed by atoms with Crippen LogP contribution in [0.15, 0.2) is 0 Å². The van der Waals surface area contributed by atoms with Gasteiger partial charge in [0.1, 0.15) is 19.3 Å². The Hall–Kier alpha value is -1.94. The molecule has 0 aromatic carbocycles. The maximum atomic E-state index is 13.2. The van der Waals surface area contributed by atoms with Crippen LogP contribution < -0.4 is 0 Å². The van der Waals surface area contributed by atoms with Crippen LogP contribution in [0.2, 0.25) is 0 Å². The van der Waals surface area contributed by atoms with Gasteiger partial charge in [0.15, 0.2) is 12.2 Å². The molecule has 17 nitrogen and oxygen atoms in total. The molecule has 660 valence electrons. The molecule has 0 aromatic rings. The van der Waals surface area contributed by atoms with Crippen molar-refractivity contribution < 1.29 is 80.2 Å². The molecule has 0 heterocycles. The van der Waals surface area contributed by atoms with Gasteiger partial charge in [0.25, 0.3) is 0 Å². The van der Waals surface area contributed by atoms with Gasteiger partial charge in [0.2, 0.25) is 0 Å². The largest absolute Gasteiger partial charge is 0.472 e. The van der Waals surface area contributed by atoms with Crippen LogP contribution in [0.5, 0.6) is 0 Å². The van der Waals surface area contributed by atoms with Crippen LogP contribution in [0.1, 0.15) is 497 Å². The highest BCUT2D eigenvalue weighted by Gasteiger charge is 2.31. The first-order valence-corrected chi connectivity index (χ1v) is 50.5. The van der Waals surface area contributed by atoms with Crippen LogP contribution >= 0.6 is 15.6 Å². The van der Waals surface area contributed by atoms with Crippen molar-refractivity contribution in [1.29, 1.82) is 0 Å². The summed E-state index contributed by atoms with van der Waals surface area (Å²) in [6.45, 7) is 9.74. The molecule has 0 bridgehead atoms. The van der Waals surface area contributed by atoms with Crippen molar-refractivity contribution in [3.8, 4) is 0 Å². The van der Waals surface area contributed by atoms with Crippen molar-refractivity contribution in [2.45, 2.75) is 516 Å². The third kappa shape index (κ3) is 84.3. The second-order valence-electron chi connectivity index (χ2n) is 33.8. The lowest BCUT2D eigenvalue weighted by atomic mass is 9.99. The van der Waals surface area contributed by atoms with Crippen LogP contribution in [-0.4, -0.2) is 96.7 Å². The highest BCUT2D eigenvalue weighted by molar-refractivity contribution is 7.47. The van der Waals surface area contributed by atoms with Crippen LogP contribution in [-0.2, 0) is 65.4 Å². The molecule has 0 aromatic heterocycles. The molecule has 0 aliphatic heterocycles. The van der Waals surface area contributed by atoms with Crippen molar-refractivity contribution in [2.75, 3.05) is 39.6 Å². The second kappa shape index (κ2) is 83.1. The summed E-state index contributed by atoms with van der Waals surface area (Å²) in [7, 11) is -9.94. The highest BCUT2D eigenvalue weighted by atomic mass is 31.2. The molecule has 0 fully saturated rings. The summed E-state index contributed by atoms with van der Waals surface area (Å²) in [6.07, 6.45) is 77.9. The lowest BCUT2D eigenvalue weighted by Gasteiger charge is -2.21. The van der Waals surface area contributed by atoms with Gasteiger partial charge in [0.05, 0.1) is 26.4 Å². The fraction of sp³-hybridized carbons (Fsp3) is 0.957. The maximum absolute atomic E-state index is 13.2. The predicted molar refractivity (Wildman–Crippen MR) is 460 cm³/mol. The van der Waals surface area contributed by atoms with Gasteiger partial charge in [-0.25, -0.2) is 9.13 Å². The molecule has 19 heteroatoms. The van der Waals surface area contributed by atoms with E-state index >= 15 is 0 Å². The SMILES string of the molecule is CCCCCCCCCCCCCCCCCCCCCCCC(=O)O[C@H](COC(=O)CCCCCCCCCCCCCCCCCCCCCC)COP(=O)(O)OC[C@@H](O)COP(=O)(O)OC[C@@H](COC(=O)CCCCCCCCCCC(C)CC)OC(=O)CCCCCCCCCCCCCCCCCC(C)C. The van der Waals surface area contributed by atoms with Gasteiger partial charge in [-0.1, -0.05) is 446 Å². The third-order valence-corrected chi connectivity index (χ3v) is 24.0. The molecule has 0 saturated heterocycles. The minimum Gasteiger partial charge on any atom is -0.462 e. The van der Waals surface area contributed by atoms with E-state index < -0.39 is 97.5 Å². The van der Waals surface area contributed by atoms with Gasteiger partial charge in [-0.05, 0) is 37.5 Å². The first-order chi connectivity index (χ1) is 53.9. The van der Waals surface area contributed by atoms with Crippen molar-refractivity contribution in [1.82, 2.24) is 0 Å². The first-order valence-electron chi connectivity index (χ1n) is 47.5. The average Bonchev–Trinajstić information content (AvgIpc) is 0.901. The molecule has 0 saturated carbocycles. The van der Waals surface area contributed by atoms with Gasteiger partial charge in [0, 0.05) is 25.7 Å². The zero-order valence-electron chi connectivity index (χ0n) is 73.3. The Balaban J connectivity index is 5.25. The number of rotatable bonds is 91. The smallest absolute Gasteiger partial charge is 0.462 e. The van der Waals surface area contributed by atoms with E-state index in [-0.39, 0.29) is 25.7 Å². The number of hydrogen-bond acceptors (Lipinski definition) is 15. The minimum atomic E-state index is -4.97. The van der Waals surface area contributed by atoms with E-state index in [2.05, 4.69) is 41.5 Å². The third-order valence-electron chi connectivity index (χ3n) is 22.1. The van der Waals surface area contributed by atoms with E-state index in [1.807, 2.05) is 0 Å². The van der Waals surface area contributed by atoms with E-state index in [9.17, 15) is 43.2 Å². The average molecular weight is 1620 g/mol. The van der Waals surface area contributed by atoms with Crippen LogP contribution in [0, 0.1) is 11.8 Å². The molecular weight excluding hydrogens is 1440 g/mol. The topological polar surface area (TPSA) is 237 Å². The molecular formula is C92H180O17P2. The lowest BCUT2D eigenvalue weighted by molar-refractivity contribution is -0.161. The first kappa shape index (κ1) is 109. The molecule has 0 rings (SSSR count). The molecule has 0 aliphatic carbocycles. The van der Waals surface area contributed by atoms with Crippen LogP contribution in [0.4, 0.5) is 0 Å². The Morgan fingerprint density at radius 2 is 0.459 bits per heavy atom. The number of aliphatic hydroxyl groups is 1. The van der Waals surface area contributed by atoms with Crippen molar-refractivity contribution in [3.05, 3.63) is 0 Å². The second-order valence-corrected chi connectivity index (χ2v) is 36.7. The van der Waals surface area contributed by atoms with Gasteiger partial charge in [-0.15, -0.1) is 0 Å². The fourth-order valence-corrected chi connectivity index (χ4v) is 16.0. The van der Waals surface area contributed by atoms with E-state index in [4.69, 9.17) is 37.0 Å². The van der Waals surface area contributed by atoms with Crippen molar-refractivity contribution in [2.24, 2.45) is 11.8 Å². The molecule has 0 radical (unpaired) electrons. The number of unbranched alkanes of at least 4 members (excludes halogenated alkanes) is 60. The molecule has 0 spiro atoms. The van der Waals surface area contributed by atoms with Crippen molar-refractivity contribution in [3.63, 3.8) is 0 Å². The minimum absolute atomic E-state index is 0.108. The molecule has 3 unspecified atom stereocenters. The monoisotopic (exact) mass is 1620 g/mol. The summed E-state index contributed by atoms with van der Waals surface area (Å²) in [5.41, 5.74) is 0. The Kier molecular flexibility index (Phi) is 81.7. The Labute approximate surface area is 683 Å². The van der Waals surface area contributed by atoms with Crippen molar-refractivity contribution >= 4 is 39.5 Å². The maximum Gasteiger partial charge on any atom is 0.472 e. The number of phosphoric ester groups is 2. The molecule has 0 amide bonds. The normalized spacial score (nSPS) is 14.0. The van der Waals surface area contributed by atoms with Crippen LogP contribution in [0.25, 0.3) is 0 Å². The van der Waals surface area contributed by atoms with Gasteiger partial charge in [-0.3, -0.25) is 37.3 Å². The summed E-state index contributed by atoms with van der Waals surface area (Å²) >= 11 is 0. The fourth-order valence-electron chi connectivity index (χ4n) is 14.4. The standard InChI is InChI=1S/C92H180O17P2/c1-7-10-12-14-16-18-20-22-24-26-28-30-32-34-38-42-46-50-58-64-70-76-91(96)108-87(80-102-89(94)74-68-62-56-49-45-41-37-33-31-29-27-25-23-21-19-17-15-13-11-8-2)82-106-110(98,99)104-78-86(93)79-105-111(100,101)107-83-88(81-103-90(95)75-69-63-57-53-52-55-61-67-73-85(6)9-3)109-92(97)77-71-65-59-51-47-43-39-35-36-40-44-48-54-60-66-72-84(4)5/h84-88,93H,7-83H2,1-6H3,(H,98,99)(H,100,101)/t85?,86-,87-,88-/m1/s1. The number of aliphatic hydroxyl groups excluding tert-OH is 1. The zero-order valence-corrected chi connectivity index (χ0v) is 75.1.